The maximum Gasteiger partial charge on any atom is 0.128 e. The summed E-state index contributed by atoms with van der Waals surface area (Å²) in [5, 5.41) is 28.6. The molecule has 3 atom stereocenters. The van der Waals surface area contributed by atoms with Gasteiger partial charge in [-0.25, -0.2) is 0 Å². The predicted molar refractivity (Wildman–Crippen MR) is 187 cm³/mol. The van der Waals surface area contributed by atoms with E-state index in [9.17, 15) is 10.2 Å². The van der Waals surface area contributed by atoms with E-state index in [2.05, 4.69) is 105 Å². The molecule has 3 aliphatic heterocycles. The van der Waals surface area contributed by atoms with Gasteiger partial charge in [0.25, 0.3) is 0 Å². The Morgan fingerprint density at radius 3 is 1.76 bits per heavy atom. The molecule has 1 spiro atoms. The molecule has 2 aromatic heterocycles. The van der Waals surface area contributed by atoms with Crippen molar-refractivity contribution in [3.05, 3.63) is 83.9 Å². The molecular weight excluding hydrogens is 595 g/mol. The largest absolute Gasteiger partial charge is 0.396 e. The minimum atomic E-state index is -0.606. The summed E-state index contributed by atoms with van der Waals surface area (Å²) in [5.74, 6) is 1.75. The van der Waals surface area contributed by atoms with Gasteiger partial charge in [0.1, 0.15) is 11.7 Å². The Morgan fingerprint density at radius 2 is 1.28 bits per heavy atom. The molecule has 0 radical (unpaired) electrons. The highest BCUT2D eigenvalue weighted by Gasteiger charge is 2.38. The molecule has 9 nitrogen and oxygen atoms in total. The Labute approximate surface area is 269 Å². The van der Waals surface area contributed by atoms with Gasteiger partial charge in [0.05, 0.1) is 38.3 Å². The molecule has 1 saturated heterocycles. The zero-order valence-electron chi connectivity index (χ0n) is 25.9. The quantitative estimate of drug-likeness (QED) is 0.146. The monoisotopic (exact) mass is 634 g/mol. The van der Waals surface area contributed by atoms with Crippen LogP contribution in [0.15, 0.2) is 82.8 Å². The second kappa shape index (κ2) is 11.7. The van der Waals surface area contributed by atoms with Crippen molar-refractivity contribution in [3.63, 3.8) is 0 Å². The lowest BCUT2D eigenvalue weighted by molar-refractivity contribution is 0.0623. The number of amidine groups is 2. The highest BCUT2D eigenvalue weighted by atomic mass is 31.1. The van der Waals surface area contributed by atoms with Gasteiger partial charge in [-0.2, -0.15) is 0 Å². The first kappa shape index (κ1) is 29.4. The maximum atomic E-state index is 9.68. The average Bonchev–Trinajstić information content (AvgIpc) is 3.73. The van der Waals surface area contributed by atoms with E-state index in [1.54, 1.807) is 0 Å². The summed E-state index contributed by atoms with van der Waals surface area (Å²) in [4.78, 5) is 16.8. The van der Waals surface area contributed by atoms with Crippen LogP contribution in [0, 0.1) is 10.8 Å². The van der Waals surface area contributed by atoms with Crippen LogP contribution in [0.2, 0.25) is 0 Å². The first-order chi connectivity index (χ1) is 22.4. The van der Waals surface area contributed by atoms with Gasteiger partial charge >= 0.3 is 0 Å². The van der Waals surface area contributed by atoms with Gasteiger partial charge in [-0.15, -0.1) is 0 Å². The van der Waals surface area contributed by atoms with E-state index in [-0.39, 0.29) is 18.6 Å². The van der Waals surface area contributed by atoms with Crippen molar-refractivity contribution < 1.29 is 14.7 Å². The van der Waals surface area contributed by atoms with Crippen LogP contribution in [0.4, 0.5) is 0 Å². The number of nitrogens with one attached hydrogen (secondary N) is 4. The number of hydrogen-bond donors (Lipinski definition) is 6. The predicted octanol–water partition coefficient (Wildman–Crippen LogP) is 5.04. The third kappa shape index (κ3) is 5.41. The fourth-order valence-corrected chi connectivity index (χ4v) is 8.11. The van der Waals surface area contributed by atoms with Crippen LogP contribution < -0.4 is 10.6 Å². The number of rotatable bonds is 6. The summed E-state index contributed by atoms with van der Waals surface area (Å²) in [6, 6.07) is 25.8. The number of aromatic nitrogens is 2. The minimum Gasteiger partial charge on any atom is -0.396 e. The molecule has 0 bridgehead atoms. The first-order valence-corrected chi connectivity index (χ1v) is 17.0. The third-order valence-electron chi connectivity index (χ3n) is 9.78. The lowest BCUT2D eigenvalue weighted by Crippen LogP contribution is -2.49. The van der Waals surface area contributed by atoms with Crippen LogP contribution in [0.3, 0.4) is 0 Å². The Hall–Kier alpha value is -4.01. The van der Waals surface area contributed by atoms with E-state index in [0.717, 1.165) is 81.4 Å². The van der Waals surface area contributed by atoms with E-state index >= 15 is 0 Å². The fourth-order valence-electron chi connectivity index (χ4n) is 6.92. The zero-order chi connectivity index (χ0) is 31.3. The van der Waals surface area contributed by atoms with Gasteiger partial charge < -0.3 is 35.3 Å². The molecule has 0 amide bonds. The molecule has 1 fully saturated rings. The normalized spacial score (nSPS) is 23.3. The number of benzene rings is 3. The molecule has 8 rings (SSSR count). The highest BCUT2D eigenvalue weighted by Crippen LogP contribution is 2.41. The first-order valence-electron chi connectivity index (χ1n) is 16.0. The molecule has 3 aliphatic rings. The average molecular weight is 635 g/mol. The van der Waals surface area contributed by atoms with Gasteiger partial charge in [-0.05, 0) is 47.5 Å². The van der Waals surface area contributed by atoms with Gasteiger partial charge in [-0.3, -0.25) is 9.98 Å². The van der Waals surface area contributed by atoms with Crippen LogP contribution in [-0.2, 0) is 4.52 Å². The molecular formula is C36H39N6O3P. The summed E-state index contributed by atoms with van der Waals surface area (Å²) >= 11 is 0. The summed E-state index contributed by atoms with van der Waals surface area (Å²) in [5.41, 5.74) is 8.71. The van der Waals surface area contributed by atoms with Crippen molar-refractivity contribution >= 4 is 42.3 Å². The zero-order valence-corrected chi connectivity index (χ0v) is 26.9. The lowest BCUT2D eigenvalue weighted by Gasteiger charge is -2.41. The molecule has 0 aliphatic carbocycles. The second-order valence-electron chi connectivity index (χ2n) is 13.4. The van der Waals surface area contributed by atoms with Crippen molar-refractivity contribution in [1.29, 1.82) is 0 Å². The van der Waals surface area contributed by atoms with Crippen molar-refractivity contribution in [1.82, 2.24) is 20.6 Å². The smallest absolute Gasteiger partial charge is 0.128 e. The number of nitrogens with zero attached hydrogens (tertiary/aromatic N) is 2. The van der Waals surface area contributed by atoms with Gasteiger partial charge in [0, 0.05) is 71.6 Å². The molecule has 5 aromatic rings. The van der Waals surface area contributed by atoms with E-state index in [1.807, 2.05) is 0 Å². The van der Waals surface area contributed by atoms with Crippen LogP contribution in [0.5, 0.6) is 0 Å². The topological polar surface area (TPSA) is 130 Å². The minimum absolute atomic E-state index is 0.100. The number of H-pyrrole nitrogens is 2. The molecule has 6 N–H and O–H groups in total. The van der Waals surface area contributed by atoms with Crippen LogP contribution in [0.25, 0.3) is 44.3 Å². The number of aliphatic hydroxyl groups excluding tert-OH is 2. The van der Waals surface area contributed by atoms with E-state index in [0.29, 0.717) is 27.6 Å². The third-order valence-corrected chi connectivity index (χ3v) is 10.7. The lowest BCUT2D eigenvalue weighted by atomic mass is 9.82. The molecule has 46 heavy (non-hydrogen) atoms. The standard InChI is InChI=1S/C36H39N6O3P/c1-22-14-35(21-45-46-22)15-37-33(38-16-35)27-8-6-25-10-29(41-31(25)12-27)23-2-4-24(5-3-23)30-11-26-7-9-28(13-32(26)42-30)34-39-17-36(19-43,20-44)18-40-34/h2-13,22,41-44,46H,14-21H2,1H3,(H,37,38)(H,39,40). The van der Waals surface area contributed by atoms with Crippen molar-refractivity contribution in [3.8, 4) is 22.5 Å². The van der Waals surface area contributed by atoms with E-state index in [1.165, 1.54) is 11.8 Å². The summed E-state index contributed by atoms with van der Waals surface area (Å²) in [7, 11) is 0.609. The second-order valence-corrected chi connectivity index (χ2v) is 14.9. The summed E-state index contributed by atoms with van der Waals surface area (Å²) < 4.78 is 5.89. The molecule has 0 saturated carbocycles. The number of aliphatic imine (C=N–C) groups is 2. The Morgan fingerprint density at radius 1 is 0.739 bits per heavy atom. The van der Waals surface area contributed by atoms with Crippen molar-refractivity contribution in [2.75, 3.05) is 46.0 Å². The van der Waals surface area contributed by atoms with Crippen molar-refractivity contribution in [2.24, 2.45) is 20.8 Å². The molecule has 3 aromatic carbocycles. The maximum absolute atomic E-state index is 9.68. The number of aromatic amines is 2. The van der Waals surface area contributed by atoms with Crippen LogP contribution >= 0.6 is 8.81 Å². The Balaban J connectivity index is 0.988. The van der Waals surface area contributed by atoms with E-state index in [4.69, 9.17) is 9.52 Å². The number of aliphatic hydroxyl groups is 2. The number of fused-ring (bicyclic) bond motifs is 2. The van der Waals surface area contributed by atoms with Gasteiger partial charge in [-0.1, -0.05) is 55.5 Å². The van der Waals surface area contributed by atoms with Crippen molar-refractivity contribution in [2.45, 2.75) is 19.0 Å². The van der Waals surface area contributed by atoms with Gasteiger partial charge in [0.15, 0.2) is 0 Å². The summed E-state index contributed by atoms with van der Waals surface area (Å²) in [6.45, 7) is 5.47. The van der Waals surface area contributed by atoms with Crippen LogP contribution in [0.1, 0.15) is 24.5 Å². The van der Waals surface area contributed by atoms with Gasteiger partial charge in [0.2, 0.25) is 0 Å². The molecule has 3 unspecified atom stereocenters. The highest BCUT2D eigenvalue weighted by molar-refractivity contribution is 7.33. The fraction of sp³-hybridized carbons (Fsp3) is 0.333. The SMILES string of the molecule is CC1CC2(CN=C(c3ccc4cc(-c5ccc(-c6cc7ccc(C8=NCC(CO)(CO)CN8)cc7[nH]6)cc5)[nH]c4c3)NC2)COP1. The number of hydrogen-bond acceptors (Lipinski definition) is 7. The molecule has 236 valence electrons. The Bertz CT molecular complexity index is 1970. The van der Waals surface area contributed by atoms with E-state index < -0.39 is 5.41 Å². The molecule has 10 heteroatoms. The van der Waals surface area contributed by atoms with Crippen LogP contribution in [-0.4, -0.2) is 83.5 Å². The molecule has 5 heterocycles. The summed E-state index contributed by atoms with van der Waals surface area (Å²) in [6.07, 6.45) is 1.17. The Kier molecular flexibility index (Phi) is 7.45.